The molecule has 0 aromatic heterocycles. The summed E-state index contributed by atoms with van der Waals surface area (Å²) in [6, 6.07) is 8.62. The molecule has 3 rings (SSSR count). The lowest BCUT2D eigenvalue weighted by molar-refractivity contribution is 0.779. The van der Waals surface area contributed by atoms with Gasteiger partial charge in [0.05, 0.1) is 5.41 Å². The van der Waals surface area contributed by atoms with E-state index in [0.717, 1.165) is 5.57 Å². The number of benzene rings is 1. The minimum atomic E-state index is -0.396. The number of allylic oxidation sites excluding steroid dienone is 13. The van der Waals surface area contributed by atoms with E-state index in [1.807, 2.05) is 32.1 Å². The van der Waals surface area contributed by atoms with Gasteiger partial charge in [-0.25, -0.2) is 0 Å². The van der Waals surface area contributed by atoms with E-state index in [9.17, 15) is 0 Å². The second-order valence-electron chi connectivity index (χ2n) is 6.65. The Morgan fingerprint density at radius 1 is 0.962 bits per heavy atom. The van der Waals surface area contributed by atoms with Crippen molar-refractivity contribution in [2.75, 3.05) is 0 Å². The average molecular weight is 338 g/mol. The quantitative estimate of drug-likeness (QED) is 0.553. The molecule has 130 valence electrons. The molecule has 0 heteroatoms. The lowest BCUT2D eigenvalue weighted by Crippen LogP contribution is -2.27. The molecule has 26 heavy (non-hydrogen) atoms. The molecule has 1 spiro atoms. The van der Waals surface area contributed by atoms with Crippen molar-refractivity contribution < 1.29 is 0 Å². The molecule has 2 aliphatic rings. The minimum Gasteiger partial charge on any atom is -0.0987 e. The fourth-order valence-corrected chi connectivity index (χ4v) is 4.50. The van der Waals surface area contributed by atoms with E-state index in [2.05, 4.69) is 75.2 Å². The third-order valence-corrected chi connectivity index (χ3v) is 5.50. The van der Waals surface area contributed by atoms with Crippen LogP contribution in [0.15, 0.2) is 114 Å². The van der Waals surface area contributed by atoms with Crippen LogP contribution in [0.1, 0.15) is 31.9 Å². The Kier molecular flexibility index (Phi) is 4.70. The Bertz CT molecular complexity index is 954. The van der Waals surface area contributed by atoms with Crippen LogP contribution >= 0.6 is 0 Å². The molecule has 0 aliphatic heterocycles. The summed E-state index contributed by atoms with van der Waals surface area (Å²) in [6.45, 7) is 19.2. The van der Waals surface area contributed by atoms with Crippen LogP contribution < -0.4 is 0 Å². The van der Waals surface area contributed by atoms with Gasteiger partial charge in [0.1, 0.15) is 0 Å². The maximum atomic E-state index is 4.58. The molecule has 1 atom stereocenters. The van der Waals surface area contributed by atoms with E-state index in [-0.39, 0.29) is 0 Å². The summed E-state index contributed by atoms with van der Waals surface area (Å²) in [5, 5.41) is 0. The Balaban J connectivity index is 2.49. The summed E-state index contributed by atoms with van der Waals surface area (Å²) in [6.07, 6.45) is 14.5. The number of fused-ring (bicyclic) bond motifs is 2. The highest BCUT2D eigenvalue weighted by atomic mass is 14.5. The Morgan fingerprint density at radius 3 is 2.27 bits per heavy atom. The first-order valence-corrected chi connectivity index (χ1v) is 9.06. The SMILES string of the molecule is C=CC1=C(/C=C\C)/C(=C/C=C\C)C(=C)C12C(C=C)=C(C)c1ccccc12. The van der Waals surface area contributed by atoms with E-state index in [4.69, 9.17) is 0 Å². The van der Waals surface area contributed by atoms with Gasteiger partial charge in [0.15, 0.2) is 0 Å². The van der Waals surface area contributed by atoms with Crippen molar-refractivity contribution in [3.8, 4) is 0 Å². The summed E-state index contributed by atoms with van der Waals surface area (Å²) >= 11 is 0. The minimum absolute atomic E-state index is 0.396. The first-order chi connectivity index (χ1) is 12.6. The maximum absolute atomic E-state index is 4.58. The van der Waals surface area contributed by atoms with Crippen molar-refractivity contribution in [1.29, 1.82) is 0 Å². The molecular formula is C26H26. The van der Waals surface area contributed by atoms with Crippen molar-refractivity contribution in [2.45, 2.75) is 26.2 Å². The van der Waals surface area contributed by atoms with Crippen LogP contribution in [0.5, 0.6) is 0 Å². The first-order valence-electron chi connectivity index (χ1n) is 9.06. The number of hydrogen-bond acceptors (Lipinski definition) is 0. The van der Waals surface area contributed by atoms with Crippen molar-refractivity contribution >= 4 is 5.57 Å². The molecule has 0 bridgehead atoms. The molecule has 0 N–H and O–H groups in total. The molecule has 1 unspecified atom stereocenters. The van der Waals surface area contributed by atoms with Crippen LogP contribution in [-0.4, -0.2) is 0 Å². The smallest absolute Gasteiger partial charge is 0.0716 e. The van der Waals surface area contributed by atoms with Gasteiger partial charge in [0.25, 0.3) is 0 Å². The van der Waals surface area contributed by atoms with Crippen LogP contribution in [-0.2, 0) is 5.41 Å². The maximum Gasteiger partial charge on any atom is 0.0716 e. The zero-order valence-corrected chi connectivity index (χ0v) is 16.0. The number of rotatable bonds is 4. The second-order valence-corrected chi connectivity index (χ2v) is 6.65. The summed E-state index contributed by atoms with van der Waals surface area (Å²) in [4.78, 5) is 0. The first kappa shape index (κ1) is 17.9. The zero-order valence-electron chi connectivity index (χ0n) is 16.0. The van der Waals surface area contributed by atoms with E-state index >= 15 is 0 Å². The van der Waals surface area contributed by atoms with Gasteiger partial charge in [0.2, 0.25) is 0 Å². The van der Waals surface area contributed by atoms with E-state index < -0.39 is 5.41 Å². The zero-order chi connectivity index (χ0) is 18.9. The topological polar surface area (TPSA) is 0 Å². The molecular weight excluding hydrogens is 312 g/mol. The van der Waals surface area contributed by atoms with E-state index in [0.29, 0.717) is 0 Å². The summed E-state index contributed by atoms with van der Waals surface area (Å²) < 4.78 is 0. The van der Waals surface area contributed by atoms with Crippen LogP contribution in [0, 0.1) is 0 Å². The fourth-order valence-electron chi connectivity index (χ4n) is 4.50. The fraction of sp³-hybridized carbons (Fsp3) is 0.154. The molecule has 1 aromatic carbocycles. The molecule has 2 aliphatic carbocycles. The van der Waals surface area contributed by atoms with Crippen molar-refractivity contribution in [1.82, 2.24) is 0 Å². The van der Waals surface area contributed by atoms with Crippen LogP contribution in [0.25, 0.3) is 5.57 Å². The highest BCUT2D eigenvalue weighted by Crippen LogP contribution is 2.61. The molecule has 0 fully saturated rings. The van der Waals surface area contributed by atoms with Gasteiger partial charge >= 0.3 is 0 Å². The van der Waals surface area contributed by atoms with Gasteiger partial charge in [-0.2, -0.15) is 0 Å². The predicted molar refractivity (Wildman–Crippen MR) is 115 cm³/mol. The van der Waals surface area contributed by atoms with E-state index in [1.54, 1.807) is 0 Å². The van der Waals surface area contributed by atoms with E-state index in [1.165, 1.54) is 39.0 Å². The predicted octanol–water partition coefficient (Wildman–Crippen LogP) is 7.03. The van der Waals surface area contributed by atoms with Crippen LogP contribution in [0.3, 0.4) is 0 Å². The molecule has 0 saturated heterocycles. The molecule has 0 saturated carbocycles. The van der Waals surface area contributed by atoms with Crippen molar-refractivity contribution in [3.05, 3.63) is 126 Å². The van der Waals surface area contributed by atoms with Gasteiger partial charge in [-0.1, -0.05) is 86.5 Å². The highest BCUT2D eigenvalue weighted by Gasteiger charge is 2.52. The Morgan fingerprint density at radius 2 is 1.65 bits per heavy atom. The molecule has 0 heterocycles. The van der Waals surface area contributed by atoms with Crippen molar-refractivity contribution in [2.24, 2.45) is 0 Å². The van der Waals surface area contributed by atoms with Gasteiger partial charge in [-0.3, -0.25) is 0 Å². The van der Waals surface area contributed by atoms with Gasteiger partial charge in [-0.05, 0) is 65.3 Å². The van der Waals surface area contributed by atoms with Crippen molar-refractivity contribution in [3.63, 3.8) is 0 Å². The second kappa shape index (κ2) is 6.80. The molecule has 1 aromatic rings. The standard InChI is InChI=1S/C26H26/c1-7-11-15-21-19(6)26(24(10-4)22(21)14-8-2)23(9-3)18(5)20-16-12-13-17-25(20)26/h7-17H,3-4,6H2,1-2,5H3/b11-7-,14-8-,21-15+. The number of hydrogen-bond donors (Lipinski definition) is 0. The lowest BCUT2D eigenvalue weighted by Gasteiger charge is -2.32. The molecule has 0 nitrogen and oxygen atoms in total. The Hall–Kier alpha value is -2.86. The van der Waals surface area contributed by atoms with Gasteiger partial charge in [0, 0.05) is 0 Å². The van der Waals surface area contributed by atoms with Gasteiger partial charge in [-0.15, -0.1) is 0 Å². The lowest BCUT2D eigenvalue weighted by atomic mass is 9.69. The van der Waals surface area contributed by atoms with Crippen LogP contribution in [0.4, 0.5) is 0 Å². The third kappa shape index (κ3) is 2.15. The largest absolute Gasteiger partial charge is 0.0987 e. The average Bonchev–Trinajstić information content (AvgIpc) is 3.04. The highest BCUT2D eigenvalue weighted by molar-refractivity contribution is 5.91. The van der Waals surface area contributed by atoms with Crippen LogP contribution in [0.2, 0.25) is 0 Å². The summed E-state index contributed by atoms with van der Waals surface area (Å²) in [5.41, 5.74) is 9.27. The molecule has 0 radical (unpaired) electrons. The monoisotopic (exact) mass is 338 g/mol. The summed E-state index contributed by atoms with van der Waals surface area (Å²) in [5.74, 6) is 0. The normalized spacial score (nSPS) is 24.0. The third-order valence-electron chi connectivity index (χ3n) is 5.50. The Labute approximate surface area is 157 Å². The molecule has 0 amide bonds. The van der Waals surface area contributed by atoms with Gasteiger partial charge < -0.3 is 0 Å². The summed E-state index contributed by atoms with van der Waals surface area (Å²) in [7, 11) is 0.